The Bertz CT molecular complexity index is 975. The van der Waals surface area contributed by atoms with Gasteiger partial charge < -0.3 is 14.0 Å². The summed E-state index contributed by atoms with van der Waals surface area (Å²) in [4.78, 5) is 13.4. The second kappa shape index (κ2) is 7.96. The number of rotatable bonds is 5. The maximum absolute atomic E-state index is 6.27. The summed E-state index contributed by atoms with van der Waals surface area (Å²) in [5.41, 5.74) is 2.26. The molecule has 0 N–H and O–H groups in total. The lowest BCUT2D eigenvalue weighted by Gasteiger charge is -2.34. The van der Waals surface area contributed by atoms with Crippen molar-refractivity contribution >= 4 is 40.8 Å². The number of piperazine rings is 1. The minimum Gasteiger partial charge on any atom is -0.338 e. The average molecular weight is 403 g/mol. The number of hydrogen-bond donors (Lipinski definition) is 0. The molecule has 2 aromatic heterocycles. The molecule has 0 aliphatic carbocycles. The van der Waals surface area contributed by atoms with Crippen LogP contribution in [0.15, 0.2) is 36.7 Å². The van der Waals surface area contributed by atoms with Crippen LogP contribution in [0, 0.1) is 4.77 Å². The standard InChI is InChI=1S/C19H23ClN6S/c1-2-8-25-16-5-4-15(20)13-17(16)26(19(25)27)14-23-9-11-24(12-10-23)18-21-6-3-7-22-18/h3-7,13H,2,8-12,14H2,1H3. The van der Waals surface area contributed by atoms with Gasteiger partial charge in [0.2, 0.25) is 5.95 Å². The Labute approximate surface area is 169 Å². The number of aryl methyl sites for hydroxylation is 1. The first-order valence-corrected chi connectivity index (χ1v) is 10.1. The third kappa shape index (κ3) is 3.72. The minimum absolute atomic E-state index is 0.742. The molecule has 27 heavy (non-hydrogen) atoms. The van der Waals surface area contributed by atoms with E-state index in [2.05, 4.69) is 41.9 Å². The van der Waals surface area contributed by atoms with Crippen LogP contribution >= 0.6 is 23.8 Å². The fourth-order valence-electron chi connectivity index (χ4n) is 3.61. The number of hydrogen-bond acceptors (Lipinski definition) is 5. The van der Waals surface area contributed by atoms with Crippen molar-refractivity contribution in [2.24, 2.45) is 0 Å². The topological polar surface area (TPSA) is 42.1 Å². The van der Waals surface area contributed by atoms with Gasteiger partial charge in [0.05, 0.1) is 17.7 Å². The lowest BCUT2D eigenvalue weighted by molar-refractivity contribution is 0.206. The SMILES string of the molecule is CCCn1c(=S)n(CN2CCN(c3ncccn3)CC2)c2cc(Cl)ccc21. The molecule has 0 saturated carbocycles. The number of halogens is 1. The Hall–Kier alpha value is -1.96. The zero-order valence-corrected chi connectivity index (χ0v) is 17.0. The second-order valence-electron chi connectivity index (χ2n) is 6.79. The van der Waals surface area contributed by atoms with Gasteiger partial charge in [0.15, 0.2) is 4.77 Å². The number of fused-ring (bicyclic) bond motifs is 1. The summed E-state index contributed by atoms with van der Waals surface area (Å²) in [6.45, 7) is 7.57. The van der Waals surface area contributed by atoms with Gasteiger partial charge in [0.1, 0.15) is 0 Å². The zero-order valence-electron chi connectivity index (χ0n) is 15.4. The minimum atomic E-state index is 0.742. The van der Waals surface area contributed by atoms with Gasteiger partial charge in [0, 0.05) is 50.1 Å². The van der Waals surface area contributed by atoms with Crippen LogP contribution < -0.4 is 4.90 Å². The summed E-state index contributed by atoms with van der Waals surface area (Å²) >= 11 is 12.1. The Kier molecular flexibility index (Phi) is 5.43. The molecule has 6 nitrogen and oxygen atoms in total. The molecule has 1 aromatic carbocycles. The highest BCUT2D eigenvalue weighted by Crippen LogP contribution is 2.23. The Morgan fingerprint density at radius 2 is 1.78 bits per heavy atom. The Morgan fingerprint density at radius 3 is 2.48 bits per heavy atom. The van der Waals surface area contributed by atoms with E-state index in [1.165, 1.54) is 0 Å². The van der Waals surface area contributed by atoms with Gasteiger partial charge >= 0.3 is 0 Å². The van der Waals surface area contributed by atoms with Crippen molar-refractivity contribution in [2.45, 2.75) is 26.6 Å². The van der Waals surface area contributed by atoms with Gasteiger partial charge in [0.25, 0.3) is 0 Å². The first-order chi connectivity index (χ1) is 13.2. The number of aromatic nitrogens is 4. The Morgan fingerprint density at radius 1 is 1.04 bits per heavy atom. The van der Waals surface area contributed by atoms with Gasteiger partial charge in [-0.15, -0.1) is 0 Å². The van der Waals surface area contributed by atoms with Crippen molar-refractivity contribution in [1.29, 1.82) is 0 Å². The monoisotopic (exact) mass is 402 g/mol. The van der Waals surface area contributed by atoms with Crippen molar-refractivity contribution in [3.63, 3.8) is 0 Å². The molecule has 1 aliphatic rings. The van der Waals surface area contributed by atoms with Crippen molar-refractivity contribution in [2.75, 3.05) is 31.1 Å². The lowest BCUT2D eigenvalue weighted by atomic mass is 10.3. The summed E-state index contributed by atoms with van der Waals surface area (Å²) in [6, 6.07) is 7.88. The van der Waals surface area contributed by atoms with Gasteiger partial charge in [-0.3, -0.25) is 4.90 Å². The van der Waals surface area contributed by atoms with Crippen LogP contribution in [0.2, 0.25) is 5.02 Å². The van der Waals surface area contributed by atoms with Crippen LogP contribution in [0.25, 0.3) is 11.0 Å². The predicted molar refractivity (Wildman–Crippen MR) is 112 cm³/mol. The normalized spacial score (nSPS) is 15.6. The van der Waals surface area contributed by atoms with Crippen LogP contribution in [-0.4, -0.2) is 50.2 Å². The third-order valence-electron chi connectivity index (χ3n) is 4.98. The lowest BCUT2D eigenvalue weighted by Crippen LogP contribution is -2.47. The maximum atomic E-state index is 6.27. The molecule has 0 spiro atoms. The van der Waals surface area contributed by atoms with E-state index in [0.717, 1.165) is 72.6 Å². The molecule has 4 rings (SSSR count). The van der Waals surface area contributed by atoms with Crippen molar-refractivity contribution < 1.29 is 0 Å². The molecule has 1 saturated heterocycles. The number of nitrogens with zero attached hydrogens (tertiary/aromatic N) is 6. The molecule has 0 bridgehead atoms. The first kappa shape index (κ1) is 18.4. The largest absolute Gasteiger partial charge is 0.338 e. The van der Waals surface area contributed by atoms with E-state index in [-0.39, 0.29) is 0 Å². The van der Waals surface area contributed by atoms with E-state index in [4.69, 9.17) is 23.8 Å². The van der Waals surface area contributed by atoms with Crippen LogP contribution in [0.5, 0.6) is 0 Å². The van der Waals surface area contributed by atoms with E-state index < -0.39 is 0 Å². The summed E-state index contributed by atoms with van der Waals surface area (Å²) in [6.07, 6.45) is 4.63. The van der Waals surface area contributed by atoms with Gasteiger partial charge in [-0.1, -0.05) is 18.5 Å². The van der Waals surface area contributed by atoms with Crippen LogP contribution in [0.1, 0.15) is 13.3 Å². The fraction of sp³-hybridized carbons (Fsp3) is 0.421. The molecule has 1 aliphatic heterocycles. The second-order valence-corrected chi connectivity index (χ2v) is 7.59. The maximum Gasteiger partial charge on any atom is 0.225 e. The molecule has 0 unspecified atom stereocenters. The summed E-state index contributed by atoms with van der Waals surface area (Å²) in [7, 11) is 0. The van der Waals surface area contributed by atoms with Crippen molar-refractivity contribution in [3.05, 3.63) is 46.5 Å². The molecule has 1 fully saturated rings. The molecule has 0 amide bonds. The smallest absolute Gasteiger partial charge is 0.225 e. The summed E-state index contributed by atoms with van der Waals surface area (Å²) in [5, 5.41) is 0.742. The van der Waals surface area contributed by atoms with Crippen LogP contribution in [0.4, 0.5) is 5.95 Å². The van der Waals surface area contributed by atoms with Crippen molar-refractivity contribution in [1.82, 2.24) is 24.0 Å². The number of anilines is 1. The molecule has 0 atom stereocenters. The van der Waals surface area contributed by atoms with E-state index >= 15 is 0 Å². The average Bonchev–Trinajstić information content (AvgIpc) is 2.95. The van der Waals surface area contributed by atoms with Crippen molar-refractivity contribution in [3.8, 4) is 0 Å². The summed E-state index contributed by atoms with van der Waals surface area (Å²) < 4.78 is 5.29. The van der Waals surface area contributed by atoms with E-state index in [0.29, 0.717) is 0 Å². The Balaban J connectivity index is 1.55. The molecular formula is C19H23ClN6S. The third-order valence-corrected chi connectivity index (χ3v) is 5.65. The predicted octanol–water partition coefficient (Wildman–Crippen LogP) is 3.81. The number of imidazole rings is 1. The fourth-order valence-corrected chi connectivity index (χ4v) is 4.13. The first-order valence-electron chi connectivity index (χ1n) is 9.30. The quantitative estimate of drug-likeness (QED) is 0.607. The van der Waals surface area contributed by atoms with Gasteiger partial charge in [-0.05, 0) is 42.9 Å². The highest BCUT2D eigenvalue weighted by atomic mass is 35.5. The van der Waals surface area contributed by atoms with Crippen LogP contribution in [-0.2, 0) is 13.2 Å². The molecule has 3 heterocycles. The zero-order chi connectivity index (χ0) is 18.8. The molecule has 8 heteroatoms. The molecule has 142 valence electrons. The molecule has 3 aromatic rings. The summed E-state index contributed by atoms with van der Waals surface area (Å²) in [5.74, 6) is 0.806. The van der Waals surface area contributed by atoms with E-state index in [1.54, 1.807) is 12.4 Å². The van der Waals surface area contributed by atoms with Gasteiger partial charge in [-0.25, -0.2) is 9.97 Å². The number of benzene rings is 1. The highest BCUT2D eigenvalue weighted by Gasteiger charge is 2.20. The van der Waals surface area contributed by atoms with E-state index in [9.17, 15) is 0 Å². The highest BCUT2D eigenvalue weighted by molar-refractivity contribution is 7.71. The van der Waals surface area contributed by atoms with Crippen LogP contribution in [0.3, 0.4) is 0 Å². The molecule has 0 radical (unpaired) electrons. The molecular weight excluding hydrogens is 380 g/mol. The van der Waals surface area contributed by atoms with E-state index in [1.807, 2.05) is 18.2 Å². The van der Waals surface area contributed by atoms with Gasteiger partial charge in [-0.2, -0.15) is 0 Å².